The maximum Gasteiger partial charge on any atom is 0.472 e. The zero-order valence-electron chi connectivity index (χ0n) is 64.5. The van der Waals surface area contributed by atoms with E-state index in [1.807, 2.05) is 0 Å². The molecular formula is C85H170NO8P. The quantitative estimate of drug-likeness (QED) is 0.0347. The molecule has 0 aromatic carbocycles. The van der Waals surface area contributed by atoms with Gasteiger partial charge >= 0.3 is 19.8 Å². The van der Waals surface area contributed by atoms with Gasteiger partial charge in [0.05, 0.1) is 13.2 Å². The number of ether oxygens (including phenoxy) is 2. The number of carbonyl (C=O) groups excluding carboxylic acids is 2. The topological polar surface area (TPSA) is 134 Å². The Bertz CT molecular complexity index is 1520. The third kappa shape index (κ3) is 81.9. The lowest BCUT2D eigenvalue weighted by atomic mass is 10.0. The molecule has 3 N–H and O–H groups in total. The Morgan fingerprint density at radius 3 is 0.642 bits per heavy atom. The Morgan fingerprint density at radius 1 is 0.274 bits per heavy atom. The van der Waals surface area contributed by atoms with Crippen molar-refractivity contribution in [3.8, 4) is 0 Å². The summed E-state index contributed by atoms with van der Waals surface area (Å²) in [6, 6.07) is 0. The fourth-order valence-corrected chi connectivity index (χ4v) is 14.8. The van der Waals surface area contributed by atoms with Crippen LogP contribution >= 0.6 is 7.82 Å². The molecule has 568 valence electrons. The van der Waals surface area contributed by atoms with E-state index in [1.165, 1.54) is 437 Å². The molecule has 0 bridgehead atoms. The average molecular weight is 1370 g/mol. The van der Waals surface area contributed by atoms with Gasteiger partial charge in [0, 0.05) is 19.4 Å². The molecule has 2 unspecified atom stereocenters. The van der Waals surface area contributed by atoms with Crippen molar-refractivity contribution < 1.29 is 37.6 Å². The van der Waals surface area contributed by atoms with Crippen molar-refractivity contribution in [1.82, 2.24) is 0 Å². The van der Waals surface area contributed by atoms with Gasteiger partial charge in [-0.05, 0) is 12.8 Å². The molecule has 0 heterocycles. The Balaban J connectivity index is 3.68. The summed E-state index contributed by atoms with van der Waals surface area (Å²) >= 11 is 0. The van der Waals surface area contributed by atoms with E-state index < -0.39 is 26.5 Å². The zero-order chi connectivity index (χ0) is 68.6. The second-order valence-corrected chi connectivity index (χ2v) is 31.6. The van der Waals surface area contributed by atoms with Crippen LogP contribution in [0, 0.1) is 0 Å². The van der Waals surface area contributed by atoms with Gasteiger partial charge in [-0.25, -0.2) is 4.57 Å². The van der Waals surface area contributed by atoms with Crippen molar-refractivity contribution in [2.75, 3.05) is 26.4 Å². The highest BCUT2D eigenvalue weighted by atomic mass is 31.2. The number of hydrogen-bond donors (Lipinski definition) is 2. The van der Waals surface area contributed by atoms with Crippen molar-refractivity contribution in [3.63, 3.8) is 0 Å². The predicted octanol–water partition coefficient (Wildman–Crippen LogP) is 29.2. The van der Waals surface area contributed by atoms with Crippen molar-refractivity contribution in [3.05, 3.63) is 0 Å². The van der Waals surface area contributed by atoms with Crippen LogP contribution in [0.4, 0.5) is 0 Å². The number of esters is 2. The van der Waals surface area contributed by atoms with E-state index >= 15 is 0 Å². The molecule has 0 spiro atoms. The Kier molecular flexibility index (Phi) is 81.1. The summed E-state index contributed by atoms with van der Waals surface area (Å²) in [5.74, 6) is -0.792. The van der Waals surface area contributed by atoms with Gasteiger partial charge in [0.1, 0.15) is 6.61 Å². The Morgan fingerprint density at radius 2 is 0.453 bits per heavy atom. The lowest BCUT2D eigenvalue weighted by Gasteiger charge is -2.19. The molecule has 0 saturated carbocycles. The van der Waals surface area contributed by atoms with Crippen LogP contribution in [0.3, 0.4) is 0 Å². The summed E-state index contributed by atoms with van der Waals surface area (Å²) in [7, 11) is -4.39. The molecule has 95 heavy (non-hydrogen) atoms. The summed E-state index contributed by atoms with van der Waals surface area (Å²) in [4.78, 5) is 35.5. The third-order valence-electron chi connectivity index (χ3n) is 20.5. The van der Waals surface area contributed by atoms with E-state index in [4.69, 9.17) is 24.3 Å². The second-order valence-electron chi connectivity index (χ2n) is 30.1. The molecule has 0 aliphatic carbocycles. The first-order valence-electron chi connectivity index (χ1n) is 43.5. The maximum atomic E-state index is 12.8. The maximum absolute atomic E-state index is 12.8. The molecule has 2 atom stereocenters. The SMILES string of the molecule is CCCCCCCCCCCCCCCCCCCCCCCCCCCCCCCCCCCCCCCCC(=O)OC(COC(=O)CCCCCCCCCCCCCCCCCCCCCCCCCCCCCCCCCCCCCC)COP(=O)(O)OCCN. The van der Waals surface area contributed by atoms with Crippen molar-refractivity contribution in [1.29, 1.82) is 0 Å². The summed E-state index contributed by atoms with van der Waals surface area (Å²) in [5.41, 5.74) is 5.42. The molecule has 0 fully saturated rings. The van der Waals surface area contributed by atoms with E-state index in [9.17, 15) is 19.0 Å². The van der Waals surface area contributed by atoms with Crippen LogP contribution < -0.4 is 5.73 Å². The highest BCUT2D eigenvalue weighted by Gasteiger charge is 2.26. The number of phosphoric ester groups is 1. The first-order chi connectivity index (χ1) is 46.8. The highest BCUT2D eigenvalue weighted by Crippen LogP contribution is 2.43. The summed E-state index contributed by atoms with van der Waals surface area (Å²) < 4.78 is 33.3. The van der Waals surface area contributed by atoms with Gasteiger partial charge in [-0.15, -0.1) is 0 Å². The molecule has 0 amide bonds. The number of hydrogen-bond acceptors (Lipinski definition) is 8. The molecule has 9 nitrogen and oxygen atoms in total. The zero-order valence-corrected chi connectivity index (χ0v) is 65.4. The van der Waals surface area contributed by atoms with Crippen LogP contribution in [0.5, 0.6) is 0 Å². The molecular weight excluding hydrogens is 1190 g/mol. The minimum Gasteiger partial charge on any atom is -0.462 e. The Hall–Kier alpha value is -0.990. The first kappa shape index (κ1) is 94.0. The number of rotatable bonds is 85. The number of nitrogens with two attached hydrogens (primary N) is 1. The van der Waals surface area contributed by atoms with Crippen LogP contribution in [0.25, 0.3) is 0 Å². The summed E-state index contributed by atoms with van der Waals surface area (Å²) in [6.45, 7) is 3.87. The van der Waals surface area contributed by atoms with Gasteiger partial charge in [-0.2, -0.15) is 0 Å². The van der Waals surface area contributed by atoms with Gasteiger partial charge < -0.3 is 20.1 Å². The number of carbonyl (C=O) groups is 2. The van der Waals surface area contributed by atoms with Crippen molar-refractivity contribution in [2.24, 2.45) is 5.73 Å². The number of phosphoric acid groups is 1. The highest BCUT2D eigenvalue weighted by molar-refractivity contribution is 7.47. The van der Waals surface area contributed by atoms with E-state index in [-0.39, 0.29) is 32.1 Å². The first-order valence-corrected chi connectivity index (χ1v) is 45.0. The lowest BCUT2D eigenvalue weighted by Crippen LogP contribution is -2.29. The normalized spacial score (nSPS) is 12.7. The molecule has 0 radical (unpaired) electrons. The van der Waals surface area contributed by atoms with Crippen molar-refractivity contribution in [2.45, 2.75) is 508 Å². The fraction of sp³-hybridized carbons (Fsp3) is 0.976. The molecule has 0 aromatic rings. The average Bonchev–Trinajstić information content (AvgIpc) is 3.74. The largest absolute Gasteiger partial charge is 0.472 e. The molecule has 10 heteroatoms. The minimum absolute atomic E-state index is 0.0590. The van der Waals surface area contributed by atoms with Crippen LogP contribution in [-0.2, 0) is 32.7 Å². The third-order valence-corrected chi connectivity index (χ3v) is 21.5. The number of unbranched alkanes of at least 4 members (excludes halogenated alkanes) is 72. The predicted molar refractivity (Wildman–Crippen MR) is 414 cm³/mol. The van der Waals surface area contributed by atoms with Gasteiger partial charge in [-0.1, -0.05) is 476 Å². The lowest BCUT2D eigenvalue weighted by molar-refractivity contribution is -0.161. The molecule has 0 rings (SSSR count). The smallest absolute Gasteiger partial charge is 0.462 e. The molecule has 0 aliphatic heterocycles. The van der Waals surface area contributed by atoms with E-state index in [0.717, 1.165) is 32.1 Å². The molecule has 0 saturated heterocycles. The second kappa shape index (κ2) is 82.0. The fourth-order valence-electron chi connectivity index (χ4n) is 14.1. The van der Waals surface area contributed by atoms with E-state index in [2.05, 4.69) is 13.8 Å². The monoisotopic (exact) mass is 1360 g/mol. The minimum atomic E-state index is -4.39. The van der Waals surface area contributed by atoms with Crippen LogP contribution in [0.2, 0.25) is 0 Å². The van der Waals surface area contributed by atoms with Gasteiger partial charge in [0.15, 0.2) is 6.10 Å². The van der Waals surface area contributed by atoms with Crippen molar-refractivity contribution >= 4 is 19.8 Å². The standard InChI is InChI=1S/C85H170NO8P/c1-3-5-7-9-11-13-15-17-19-21-23-25-27-29-31-33-35-37-39-41-42-44-46-48-50-52-54-56-58-60-62-64-66-68-70-72-74-76-78-85(88)94-83(82-93-95(89,90)92-80-79-86)81-91-84(87)77-75-73-71-69-67-65-63-61-59-57-55-53-51-49-47-45-43-40-38-36-34-32-30-28-26-24-22-20-18-16-14-12-10-8-6-4-2/h83H,3-82,86H2,1-2H3,(H,89,90). The van der Waals surface area contributed by atoms with Crippen LogP contribution in [0.1, 0.15) is 502 Å². The van der Waals surface area contributed by atoms with Gasteiger partial charge in [0.25, 0.3) is 0 Å². The van der Waals surface area contributed by atoms with Crippen LogP contribution in [0.15, 0.2) is 0 Å². The van der Waals surface area contributed by atoms with Gasteiger partial charge in [0.2, 0.25) is 0 Å². The molecule has 0 aromatic heterocycles. The van der Waals surface area contributed by atoms with Crippen LogP contribution in [-0.4, -0.2) is 49.3 Å². The summed E-state index contributed by atoms with van der Waals surface area (Å²) in [6.07, 6.45) is 102. The van der Waals surface area contributed by atoms with E-state index in [1.54, 1.807) is 0 Å². The molecule has 0 aliphatic rings. The summed E-state index contributed by atoms with van der Waals surface area (Å²) in [5, 5.41) is 0. The van der Waals surface area contributed by atoms with Gasteiger partial charge in [-0.3, -0.25) is 18.6 Å². The van der Waals surface area contributed by atoms with E-state index in [0.29, 0.717) is 12.8 Å². The Labute approximate surface area is 594 Å².